The Morgan fingerprint density at radius 2 is 2.04 bits per heavy atom. The highest BCUT2D eigenvalue weighted by Crippen LogP contribution is 2.19. The van der Waals surface area contributed by atoms with Gasteiger partial charge >= 0.3 is 0 Å². The van der Waals surface area contributed by atoms with Crippen LogP contribution in [0.2, 0.25) is 0 Å². The lowest BCUT2D eigenvalue weighted by Crippen LogP contribution is -2.56. The number of aliphatic hydroxyl groups is 1. The van der Waals surface area contributed by atoms with Crippen LogP contribution < -0.4 is 10.6 Å². The molecule has 1 fully saturated rings. The topological polar surface area (TPSA) is 81.7 Å². The van der Waals surface area contributed by atoms with Crippen LogP contribution in [0.25, 0.3) is 10.8 Å². The van der Waals surface area contributed by atoms with Gasteiger partial charge in [0.1, 0.15) is 0 Å². The zero-order valence-electron chi connectivity index (χ0n) is 14.8. The fraction of sp³-hybridized carbons (Fsp3) is 0.400. The molecule has 6 nitrogen and oxygen atoms in total. The van der Waals surface area contributed by atoms with Crippen LogP contribution in [0.15, 0.2) is 42.5 Å². The van der Waals surface area contributed by atoms with Gasteiger partial charge in [0.2, 0.25) is 11.8 Å². The van der Waals surface area contributed by atoms with Gasteiger partial charge in [-0.05, 0) is 28.8 Å². The van der Waals surface area contributed by atoms with Crippen molar-refractivity contribution in [3.8, 4) is 0 Å². The standard InChI is InChI=1S/C20H25N3O3/c24-11-3-8-21-19(25)13-18-20(26)22-9-10-23(18)14-15-6-7-16-4-1-2-5-17(16)12-15/h1-2,4-7,12,18,24H,3,8-11,13-14H2,(H,21,25)(H,22,26)/t18-/m0/s1. The Hall–Kier alpha value is -2.44. The molecule has 3 N–H and O–H groups in total. The molecule has 1 aliphatic heterocycles. The molecule has 0 aliphatic carbocycles. The first-order chi connectivity index (χ1) is 12.7. The van der Waals surface area contributed by atoms with Crippen LogP contribution >= 0.6 is 0 Å². The molecular formula is C20H25N3O3. The second-order valence-corrected chi connectivity index (χ2v) is 6.59. The van der Waals surface area contributed by atoms with Crippen molar-refractivity contribution in [1.82, 2.24) is 15.5 Å². The van der Waals surface area contributed by atoms with Crippen molar-refractivity contribution in [2.45, 2.75) is 25.4 Å². The minimum absolute atomic E-state index is 0.0400. The van der Waals surface area contributed by atoms with Gasteiger partial charge in [-0.1, -0.05) is 36.4 Å². The number of piperazine rings is 1. The van der Waals surface area contributed by atoms with Crippen molar-refractivity contribution in [3.05, 3.63) is 48.0 Å². The molecule has 1 heterocycles. The minimum Gasteiger partial charge on any atom is -0.396 e. The number of nitrogens with zero attached hydrogens (tertiary/aromatic N) is 1. The zero-order chi connectivity index (χ0) is 18.4. The monoisotopic (exact) mass is 355 g/mol. The largest absolute Gasteiger partial charge is 0.396 e. The van der Waals surface area contributed by atoms with Crippen LogP contribution in [-0.4, -0.2) is 54.1 Å². The zero-order valence-corrected chi connectivity index (χ0v) is 14.8. The van der Waals surface area contributed by atoms with Gasteiger partial charge in [0, 0.05) is 32.8 Å². The molecule has 0 radical (unpaired) electrons. The molecule has 1 atom stereocenters. The van der Waals surface area contributed by atoms with Crippen molar-refractivity contribution in [1.29, 1.82) is 0 Å². The number of benzene rings is 2. The van der Waals surface area contributed by atoms with Crippen LogP contribution in [0, 0.1) is 0 Å². The van der Waals surface area contributed by atoms with Crippen LogP contribution in [0.1, 0.15) is 18.4 Å². The Labute approximate surface area is 153 Å². The van der Waals surface area contributed by atoms with Gasteiger partial charge in [0.05, 0.1) is 12.5 Å². The van der Waals surface area contributed by atoms with E-state index >= 15 is 0 Å². The summed E-state index contributed by atoms with van der Waals surface area (Å²) < 4.78 is 0. The third-order valence-corrected chi connectivity index (χ3v) is 4.68. The highest BCUT2D eigenvalue weighted by Gasteiger charge is 2.31. The molecule has 1 aliphatic rings. The van der Waals surface area contributed by atoms with Crippen LogP contribution in [-0.2, 0) is 16.1 Å². The average molecular weight is 355 g/mol. The average Bonchev–Trinajstić information content (AvgIpc) is 2.65. The Kier molecular flexibility index (Phi) is 6.20. The van der Waals surface area contributed by atoms with Crippen LogP contribution in [0.4, 0.5) is 0 Å². The summed E-state index contributed by atoms with van der Waals surface area (Å²) >= 11 is 0. The number of hydrogen-bond acceptors (Lipinski definition) is 4. The maximum absolute atomic E-state index is 12.3. The highest BCUT2D eigenvalue weighted by atomic mass is 16.3. The minimum atomic E-state index is -0.468. The summed E-state index contributed by atoms with van der Waals surface area (Å²) in [6.45, 7) is 2.40. The van der Waals surface area contributed by atoms with Crippen molar-refractivity contribution >= 4 is 22.6 Å². The molecule has 0 saturated carbocycles. The maximum atomic E-state index is 12.3. The molecule has 138 valence electrons. The molecule has 1 saturated heterocycles. The van der Waals surface area contributed by atoms with Gasteiger partial charge in [0.15, 0.2) is 0 Å². The molecular weight excluding hydrogens is 330 g/mol. The number of aliphatic hydroxyl groups excluding tert-OH is 1. The highest BCUT2D eigenvalue weighted by molar-refractivity contribution is 5.89. The summed E-state index contributed by atoms with van der Waals surface area (Å²) in [6, 6.07) is 14.0. The number of carbonyl (C=O) groups is 2. The fourth-order valence-corrected chi connectivity index (χ4v) is 3.30. The number of rotatable bonds is 7. The SMILES string of the molecule is O=C(C[C@H]1C(=O)NCCN1Cc1ccc2ccccc2c1)NCCCO. The van der Waals surface area contributed by atoms with Crippen LogP contribution in [0.5, 0.6) is 0 Å². The number of hydrogen-bond donors (Lipinski definition) is 3. The molecule has 2 aromatic carbocycles. The van der Waals surface area contributed by atoms with Gasteiger partial charge in [-0.2, -0.15) is 0 Å². The molecule has 0 unspecified atom stereocenters. The number of fused-ring (bicyclic) bond motifs is 1. The quantitative estimate of drug-likeness (QED) is 0.648. The summed E-state index contributed by atoms with van der Waals surface area (Å²) in [5, 5.41) is 16.8. The van der Waals surface area contributed by atoms with Crippen molar-refractivity contribution < 1.29 is 14.7 Å². The third kappa shape index (κ3) is 4.59. The van der Waals surface area contributed by atoms with E-state index in [0.29, 0.717) is 32.6 Å². The number of amides is 2. The number of carbonyl (C=O) groups excluding carboxylic acids is 2. The van der Waals surface area contributed by atoms with E-state index in [1.165, 1.54) is 10.8 Å². The van der Waals surface area contributed by atoms with Gasteiger partial charge in [-0.15, -0.1) is 0 Å². The van der Waals surface area contributed by atoms with E-state index in [1.807, 2.05) is 12.1 Å². The van der Waals surface area contributed by atoms with Gasteiger partial charge in [-0.25, -0.2) is 0 Å². The van der Waals surface area contributed by atoms with E-state index in [2.05, 4.69) is 45.9 Å². The van der Waals surface area contributed by atoms with E-state index in [4.69, 9.17) is 5.11 Å². The van der Waals surface area contributed by atoms with E-state index in [0.717, 1.165) is 5.56 Å². The Morgan fingerprint density at radius 1 is 1.23 bits per heavy atom. The van der Waals surface area contributed by atoms with E-state index < -0.39 is 6.04 Å². The maximum Gasteiger partial charge on any atom is 0.237 e. The lowest BCUT2D eigenvalue weighted by Gasteiger charge is -2.34. The third-order valence-electron chi connectivity index (χ3n) is 4.68. The Morgan fingerprint density at radius 3 is 2.85 bits per heavy atom. The Balaban J connectivity index is 1.68. The number of nitrogens with one attached hydrogen (secondary N) is 2. The molecule has 0 bridgehead atoms. The summed E-state index contributed by atoms with van der Waals surface area (Å²) in [5.41, 5.74) is 1.13. The fourth-order valence-electron chi connectivity index (χ4n) is 3.30. The van der Waals surface area contributed by atoms with Gasteiger partial charge in [-0.3, -0.25) is 14.5 Å². The van der Waals surface area contributed by atoms with Crippen LogP contribution in [0.3, 0.4) is 0 Å². The van der Waals surface area contributed by atoms with Gasteiger partial charge < -0.3 is 15.7 Å². The predicted octanol–water partition coefficient (Wildman–Crippen LogP) is 1.03. The molecule has 2 aromatic rings. The second-order valence-electron chi connectivity index (χ2n) is 6.59. The smallest absolute Gasteiger partial charge is 0.237 e. The summed E-state index contributed by atoms with van der Waals surface area (Å²) in [6.07, 6.45) is 0.647. The first-order valence-corrected chi connectivity index (χ1v) is 9.04. The summed E-state index contributed by atoms with van der Waals surface area (Å²) in [5.74, 6) is -0.265. The second kappa shape index (κ2) is 8.78. The lowest BCUT2D eigenvalue weighted by molar-refractivity contribution is -0.134. The molecule has 26 heavy (non-hydrogen) atoms. The van der Waals surface area contributed by atoms with Crippen molar-refractivity contribution in [2.75, 3.05) is 26.2 Å². The predicted molar refractivity (Wildman–Crippen MR) is 100 cm³/mol. The van der Waals surface area contributed by atoms with Crippen molar-refractivity contribution in [2.24, 2.45) is 0 Å². The first-order valence-electron chi connectivity index (χ1n) is 9.04. The van der Waals surface area contributed by atoms with E-state index in [9.17, 15) is 9.59 Å². The molecule has 6 heteroatoms. The Bertz CT molecular complexity index is 778. The van der Waals surface area contributed by atoms with E-state index in [-0.39, 0.29) is 24.8 Å². The molecule has 3 rings (SSSR count). The summed E-state index contributed by atoms with van der Waals surface area (Å²) in [4.78, 5) is 26.5. The molecule has 2 amide bonds. The molecule has 0 aromatic heterocycles. The lowest BCUT2D eigenvalue weighted by atomic mass is 10.0. The van der Waals surface area contributed by atoms with Crippen molar-refractivity contribution in [3.63, 3.8) is 0 Å². The normalized spacial score (nSPS) is 17.9. The van der Waals surface area contributed by atoms with E-state index in [1.54, 1.807) is 0 Å². The first kappa shape index (κ1) is 18.4. The summed E-state index contributed by atoms with van der Waals surface area (Å²) in [7, 11) is 0. The van der Waals surface area contributed by atoms with Gasteiger partial charge in [0.25, 0.3) is 0 Å². The molecule has 0 spiro atoms.